The van der Waals surface area contributed by atoms with Gasteiger partial charge in [-0.3, -0.25) is 4.90 Å². The number of benzene rings is 1. The van der Waals surface area contributed by atoms with Gasteiger partial charge in [0, 0.05) is 38.9 Å². The molecule has 1 aromatic carbocycles. The van der Waals surface area contributed by atoms with Gasteiger partial charge in [-0.05, 0) is 31.4 Å². The first-order chi connectivity index (χ1) is 12.8. The Labute approximate surface area is 156 Å². The predicted octanol–water partition coefficient (Wildman–Crippen LogP) is 3.46. The van der Waals surface area contributed by atoms with Crippen molar-refractivity contribution in [3.63, 3.8) is 0 Å². The van der Waals surface area contributed by atoms with Crippen molar-refractivity contribution in [3.05, 3.63) is 47.7 Å². The Morgan fingerprint density at radius 2 is 1.88 bits per heavy atom. The van der Waals surface area contributed by atoms with Crippen LogP contribution in [0.5, 0.6) is 0 Å². The maximum Gasteiger partial charge on any atom is 0.224 e. The van der Waals surface area contributed by atoms with E-state index < -0.39 is 0 Å². The quantitative estimate of drug-likeness (QED) is 0.894. The summed E-state index contributed by atoms with van der Waals surface area (Å²) in [5.74, 6) is 1.84. The highest BCUT2D eigenvalue weighted by molar-refractivity contribution is 5.43. The Hall–Kier alpha value is -2.14. The summed E-state index contributed by atoms with van der Waals surface area (Å²) in [6, 6.07) is 11.3. The molecule has 0 radical (unpaired) electrons. The Morgan fingerprint density at radius 3 is 2.65 bits per heavy atom. The number of aromatic nitrogens is 2. The van der Waals surface area contributed by atoms with Crippen molar-refractivity contribution >= 4 is 11.8 Å². The molecule has 5 heteroatoms. The molecule has 2 aromatic rings. The van der Waals surface area contributed by atoms with Crippen molar-refractivity contribution in [2.24, 2.45) is 0 Å². The minimum atomic E-state index is 0.444. The Morgan fingerprint density at radius 1 is 1.08 bits per heavy atom. The molecule has 0 unspecified atom stereocenters. The molecule has 0 aliphatic carbocycles. The molecule has 5 nitrogen and oxygen atoms in total. The van der Waals surface area contributed by atoms with E-state index >= 15 is 0 Å². The third kappa shape index (κ3) is 4.33. The minimum absolute atomic E-state index is 0.444. The van der Waals surface area contributed by atoms with Gasteiger partial charge in [-0.1, -0.05) is 42.7 Å². The molecule has 0 atom stereocenters. The molecule has 0 amide bonds. The summed E-state index contributed by atoms with van der Waals surface area (Å²) >= 11 is 0. The van der Waals surface area contributed by atoms with Gasteiger partial charge >= 0.3 is 0 Å². The Bertz CT molecular complexity index is 718. The zero-order valence-electron chi connectivity index (χ0n) is 15.7. The SMILES string of the molecule is Cc1cccc(CN2CC(Nc3nccc(N4CCCCCC4)n3)C2)c1. The Balaban J connectivity index is 1.29. The summed E-state index contributed by atoms with van der Waals surface area (Å²) in [7, 11) is 0. The molecule has 1 aromatic heterocycles. The van der Waals surface area contributed by atoms with Gasteiger partial charge in [0.15, 0.2) is 0 Å². The van der Waals surface area contributed by atoms with Gasteiger partial charge in [0.25, 0.3) is 0 Å². The van der Waals surface area contributed by atoms with Crippen molar-refractivity contribution < 1.29 is 0 Å². The maximum atomic E-state index is 4.77. The first-order valence-corrected chi connectivity index (χ1v) is 9.89. The van der Waals surface area contributed by atoms with Crippen LogP contribution in [0.4, 0.5) is 11.8 Å². The third-order valence-corrected chi connectivity index (χ3v) is 5.35. The molecule has 0 spiro atoms. The first kappa shape index (κ1) is 17.3. The van der Waals surface area contributed by atoms with Crippen LogP contribution in [0.2, 0.25) is 0 Å². The summed E-state index contributed by atoms with van der Waals surface area (Å²) in [4.78, 5) is 14.1. The van der Waals surface area contributed by atoms with Crippen LogP contribution in [0.25, 0.3) is 0 Å². The largest absolute Gasteiger partial charge is 0.356 e. The summed E-state index contributed by atoms with van der Waals surface area (Å²) in [6.45, 7) is 7.50. The summed E-state index contributed by atoms with van der Waals surface area (Å²) < 4.78 is 0. The zero-order chi connectivity index (χ0) is 17.8. The second-order valence-corrected chi connectivity index (χ2v) is 7.66. The molecule has 0 bridgehead atoms. The van der Waals surface area contributed by atoms with E-state index in [1.807, 2.05) is 12.3 Å². The highest BCUT2D eigenvalue weighted by Gasteiger charge is 2.27. The average Bonchev–Trinajstić information content (AvgIpc) is 2.90. The second kappa shape index (κ2) is 8.04. The van der Waals surface area contributed by atoms with Gasteiger partial charge in [-0.15, -0.1) is 0 Å². The van der Waals surface area contributed by atoms with Crippen molar-refractivity contribution in [2.75, 3.05) is 36.4 Å². The normalized spacial score (nSPS) is 19.0. The Kier molecular flexibility index (Phi) is 5.34. The van der Waals surface area contributed by atoms with Gasteiger partial charge in [0.1, 0.15) is 5.82 Å². The van der Waals surface area contributed by atoms with E-state index in [2.05, 4.69) is 51.3 Å². The lowest BCUT2D eigenvalue weighted by atomic mass is 10.1. The van der Waals surface area contributed by atoms with Crippen molar-refractivity contribution in [1.29, 1.82) is 0 Å². The predicted molar refractivity (Wildman–Crippen MR) is 107 cm³/mol. The summed E-state index contributed by atoms with van der Waals surface area (Å²) in [5.41, 5.74) is 2.72. The molecule has 1 N–H and O–H groups in total. The fraction of sp³-hybridized carbons (Fsp3) is 0.524. The average molecular weight is 351 g/mol. The van der Waals surface area contributed by atoms with E-state index in [9.17, 15) is 0 Å². The van der Waals surface area contributed by atoms with Crippen LogP contribution in [0.15, 0.2) is 36.5 Å². The lowest BCUT2D eigenvalue weighted by Gasteiger charge is -2.39. The van der Waals surface area contributed by atoms with Gasteiger partial charge in [0.2, 0.25) is 5.95 Å². The lowest BCUT2D eigenvalue weighted by molar-refractivity contribution is 0.152. The van der Waals surface area contributed by atoms with Crippen molar-refractivity contribution in [3.8, 4) is 0 Å². The van der Waals surface area contributed by atoms with Crippen LogP contribution in [0.3, 0.4) is 0 Å². The van der Waals surface area contributed by atoms with Crippen LogP contribution >= 0.6 is 0 Å². The van der Waals surface area contributed by atoms with Crippen LogP contribution < -0.4 is 10.2 Å². The lowest BCUT2D eigenvalue weighted by Crippen LogP contribution is -2.54. The van der Waals surface area contributed by atoms with Crippen LogP contribution in [-0.4, -0.2) is 47.1 Å². The maximum absolute atomic E-state index is 4.77. The van der Waals surface area contributed by atoms with Gasteiger partial charge in [-0.25, -0.2) is 4.98 Å². The number of rotatable bonds is 5. The van der Waals surface area contributed by atoms with E-state index in [0.29, 0.717) is 6.04 Å². The summed E-state index contributed by atoms with van der Waals surface area (Å²) in [5, 5.41) is 3.51. The first-order valence-electron chi connectivity index (χ1n) is 9.89. The molecule has 2 aliphatic rings. The number of nitrogens with zero attached hydrogens (tertiary/aromatic N) is 4. The van der Waals surface area contributed by atoms with Crippen LogP contribution in [0, 0.1) is 6.92 Å². The van der Waals surface area contributed by atoms with E-state index in [1.54, 1.807) is 0 Å². The molecule has 2 saturated heterocycles. The molecule has 0 saturated carbocycles. The topological polar surface area (TPSA) is 44.3 Å². The molecular weight excluding hydrogens is 322 g/mol. The second-order valence-electron chi connectivity index (χ2n) is 7.66. The number of likely N-dealkylation sites (tertiary alicyclic amines) is 1. The summed E-state index contributed by atoms with van der Waals surface area (Å²) in [6.07, 6.45) is 7.10. The van der Waals surface area contributed by atoms with Crippen molar-refractivity contribution in [1.82, 2.24) is 14.9 Å². The van der Waals surface area contributed by atoms with Crippen LogP contribution in [0.1, 0.15) is 36.8 Å². The third-order valence-electron chi connectivity index (χ3n) is 5.35. The highest BCUT2D eigenvalue weighted by Crippen LogP contribution is 2.20. The number of hydrogen-bond acceptors (Lipinski definition) is 5. The minimum Gasteiger partial charge on any atom is -0.356 e. The molecule has 4 rings (SSSR count). The fourth-order valence-electron chi connectivity index (χ4n) is 3.94. The van der Waals surface area contributed by atoms with Gasteiger partial charge < -0.3 is 10.2 Å². The van der Waals surface area contributed by atoms with E-state index in [4.69, 9.17) is 4.98 Å². The van der Waals surface area contributed by atoms with Gasteiger partial charge in [-0.2, -0.15) is 4.98 Å². The number of nitrogens with one attached hydrogen (secondary N) is 1. The van der Waals surface area contributed by atoms with E-state index in [-0.39, 0.29) is 0 Å². The van der Waals surface area contributed by atoms with Gasteiger partial charge in [0.05, 0.1) is 6.04 Å². The molecule has 26 heavy (non-hydrogen) atoms. The zero-order valence-corrected chi connectivity index (χ0v) is 15.7. The molecule has 138 valence electrons. The number of aryl methyl sites for hydroxylation is 1. The highest BCUT2D eigenvalue weighted by atomic mass is 15.3. The molecular formula is C21H29N5. The monoisotopic (exact) mass is 351 g/mol. The molecule has 3 heterocycles. The smallest absolute Gasteiger partial charge is 0.224 e. The van der Waals surface area contributed by atoms with Crippen LogP contribution in [-0.2, 0) is 6.54 Å². The number of anilines is 2. The van der Waals surface area contributed by atoms with Crippen molar-refractivity contribution in [2.45, 2.75) is 45.2 Å². The fourth-order valence-corrected chi connectivity index (χ4v) is 3.94. The molecule has 2 fully saturated rings. The van der Waals surface area contributed by atoms with E-state index in [1.165, 1.54) is 36.8 Å². The number of hydrogen-bond donors (Lipinski definition) is 1. The van der Waals surface area contributed by atoms with E-state index in [0.717, 1.165) is 44.5 Å². The molecule has 2 aliphatic heterocycles. The standard InChI is InChI=1S/C21H29N5/c1-17-7-6-8-18(13-17)14-25-15-19(16-25)23-21-22-10-9-20(24-21)26-11-4-2-3-5-12-26/h6-10,13,19H,2-5,11-12,14-16H2,1H3,(H,22,23,24).